The van der Waals surface area contributed by atoms with Gasteiger partial charge in [-0.05, 0) is 29.3 Å². The third-order valence-corrected chi connectivity index (χ3v) is 5.79. The first-order valence-electron chi connectivity index (χ1n) is 8.58. The van der Waals surface area contributed by atoms with Gasteiger partial charge in [-0.3, -0.25) is 14.9 Å². The van der Waals surface area contributed by atoms with Crippen molar-refractivity contribution in [3.05, 3.63) is 42.5 Å². The minimum absolute atomic E-state index is 0.141. The zero-order chi connectivity index (χ0) is 19.9. The van der Waals surface area contributed by atoms with Gasteiger partial charge in [0.25, 0.3) is 5.91 Å². The fourth-order valence-corrected chi connectivity index (χ4v) is 4.00. The van der Waals surface area contributed by atoms with Gasteiger partial charge in [-0.25, -0.2) is 0 Å². The number of hydrogen-bond donors (Lipinski definition) is 1. The number of esters is 1. The number of hydrogen-bond acceptors (Lipinski definition) is 8. The normalized spacial score (nSPS) is 11.8. The second kappa shape index (κ2) is 9.52. The number of anilines is 1. The Morgan fingerprint density at radius 1 is 1.18 bits per heavy atom. The SMILES string of the molecule is CCC(Oc1ccc2ccccc2c1)C(=O)Nc1nnc(SCC(=O)OC)s1. The highest BCUT2D eigenvalue weighted by Gasteiger charge is 2.20. The van der Waals surface area contributed by atoms with Crippen molar-refractivity contribution in [1.29, 1.82) is 0 Å². The van der Waals surface area contributed by atoms with Crippen LogP contribution in [0.1, 0.15) is 13.3 Å². The largest absolute Gasteiger partial charge is 0.481 e. The minimum Gasteiger partial charge on any atom is -0.481 e. The van der Waals surface area contributed by atoms with E-state index >= 15 is 0 Å². The first kappa shape index (κ1) is 20.1. The van der Waals surface area contributed by atoms with Crippen LogP contribution in [0.3, 0.4) is 0 Å². The summed E-state index contributed by atoms with van der Waals surface area (Å²) in [6.07, 6.45) is -0.155. The standard InChI is InChI=1S/C19H19N3O4S2/c1-3-15(26-14-9-8-12-6-4-5-7-13(12)10-14)17(24)20-18-21-22-19(28-18)27-11-16(23)25-2/h4-10,15H,3,11H2,1-2H3,(H,20,21,24). The lowest BCUT2D eigenvalue weighted by atomic mass is 10.1. The molecular formula is C19H19N3O4S2. The van der Waals surface area contributed by atoms with E-state index in [1.807, 2.05) is 49.4 Å². The van der Waals surface area contributed by atoms with Crippen LogP contribution >= 0.6 is 23.1 Å². The first-order valence-corrected chi connectivity index (χ1v) is 10.4. The third-order valence-electron chi connectivity index (χ3n) is 3.84. The number of nitrogens with zero attached hydrogens (tertiary/aromatic N) is 2. The van der Waals surface area contributed by atoms with Gasteiger partial charge in [-0.15, -0.1) is 10.2 Å². The molecule has 9 heteroatoms. The van der Waals surface area contributed by atoms with Crippen molar-refractivity contribution in [2.45, 2.75) is 23.8 Å². The third kappa shape index (κ3) is 5.20. The van der Waals surface area contributed by atoms with E-state index in [2.05, 4.69) is 20.3 Å². The van der Waals surface area contributed by atoms with Crippen LogP contribution in [0.25, 0.3) is 10.8 Å². The lowest BCUT2D eigenvalue weighted by molar-refractivity contribution is -0.137. The van der Waals surface area contributed by atoms with E-state index in [-0.39, 0.29) is 17.6 Å². The molecule has 0 radical (unpaired) electrons. The molecule has 1 aromatic heterocycles. The van der Waals surface area contributed by atoms with E-state index in [9.17, 15) is 9.59 Å². The van der Waals surface area contributed by atoms with Crippen LogP contribution in [0.15, 0.2) is 46.8 Å². The van der Waals surface area contributed by atoms with E-state index in [1.54, 1.807) is 0 Å². The smallest absolute Gasteiger partial charge is 0.316 e. The van der Waals surface area contributed by atoms with E-state index in [0.29, 0.717) is 21.6 Å². The van der Waals surface area contributed by atoms with Gasteiger partial charge in [-0.1, -0.05) is 60.4 Å². The number of methoxy groups -OCH3 is 1. The van der Waals surface area contributed by atoms with Crippen molar-refractivity contribution in [3.63, 3.8) is 0 Å². The number of ether oxygens (including phenoxy) is 2. The molecule has 0 spiro atoms. The second-order valence-electron chi connectivity index (χ2n) is 5.75. The molecular weight excluding hydrogens is 398 g/mol. The van der Waals surface area contributed by atoms with E-state index in [0.717, 1.165) is 10.8 Å². The first-order chi connectivity index (χ1) is 13.6. The molecule has 1 atom stereocenters. The average molecular weight is 418 g/mol. The maximum atomic E-state index is 12.6. The van der Waals surface area contributed by atoms with Crippen LogP contribution in [-0.2, 0) is 14.3 Å². The van der Waals surface area contributed by atoms with Crippen LogP contribution in [0, 0.1) is 0 Å². The molecule has 0 aliphatic heterocycles. The highest BCUT2D eigenvalue weighted by Crippen LogP contribution is 2.26. The summed E-state index contributed by atoms with van der Waals surface area (Å²) in [6.45, 7) is 1.88. The van der Waals surface area contributed by atoms with Crippen molar-refractivity contribution in [2.75, 3.05) is 18.2 Å². The maximum absolute atomic E-state index is 12.6. The summed E-state index contributed by atoms with van der Waals surface area (Å²) in [5, 5.41) is 13.1. The predicted octanol–water partition coefficient (Wildman–Crippen LogP) is 3.75. The van der Waals surface area contributed by atoms with Gasteiger partial charge in [0.1, 0.15) is 5.75 Å². The van der Waals surface area contributed by atoms with Crippen LogP contribution in [0.4, 0.5) is 5.13 Å². The molecule has 0 saturated carbocycles. The lowest BCUT2D eigenvalue weighted by Crippen LogP contribution is -2.32. The maximum Gasteiger partial charge on any atom is 0.316 e. The second-order valence-corrected chi connectivity index (χ2v) is 7.95. The number of rotatable bonds is 8. The molecule has 146 valence electrons. The molecule has 2 aromatic carbocycles. The summed E-state index contributed by atoms with van der Waals surface area (Å²) in [4.78, 5) is 23.7. The molecule has 3 aromatic rings. The van der Waals surface area contributed by atoms with Crippen LogP contribution in [-0.4, -0.2) is 41.0 Å². The molecule has 0 saturated heterocycles. The number of nitrogens with one attached hydrogen (secondary N) is 1. The molecule has 3 rings (SSSR count). The zero-order valence-electron chi connectivity index (χ0n) is 15.4. The van der Waals surface area contributed by atoms with Crippen LogP contribution < -0.4 is 10.1 Å². The summed E-state index contributed by atoms with van der Waals surface area (Å²) >= 11 is 2.40. The number of benzene rings is 2. The highest BCUT2D eigenvalue weighted by atomic mass is 32.2. The quantitative estimate of drug-likeness (QED) is 0.339. The average Bonchev–Trinajstić information content (AvgIpc) is 3.17. The fourth-order valence-electron chi connectivity index (χ4n) is 2.41. The number of carbonyl (C=O) groups excluding carboxylic acids is 2. The van der Waals surface area contributed by atoms with Crippen LogP contribution in [0.2, 0.25) is 0 Å². The molecule has 0 bridgehead atoms. The van der Waals surface area contributed by atoms with Gasteiger partial charge >= 0.3 is 5.97 Å². The number of aromatic nitrogens is 2. The lowest BCUT2D eigenvalue weighted by Gasteiger charge is -2.16. The molecule has 0 fully saturated rings. The molecule has 7 nitrogen and oxygen atoms in total. The summed E-state index contributed by atoms with van der Waals surface area (Å²) in [5.41, 5.74) is 0. The Bertz CT molecular complexity index is 976. The minimum atomic E-state index is -0.656. The topological polar surface area (TPSA) is 90.4 Å². The zero-order valence-corrected chi connectivity index (χ0v) is 17.0. The summed E-state index contributed by atoms with van der Waals surface area (Å²) < 4.78 is 11.0. The number of fused-ring (bicyclic) bond motifs is 1. The van der Waals surface area contributed by atoms with Gasteiger partial charge in [0.05, 0.1) is 12.9 Å². The molecule has 1 amide bonds. The number of carbonyl (C=O) groups is 2. The highest BCUT2D eigenvalue weighted by molar-refractivity contribution is 8.01. The van der Waals surface area contributed by atoms with Crippen molar-refractivity contribution in [2.24, 2.45) is 0 Å². The fraction of sp³-hybridized carbons (Fsp3) is 0.263. The Kier molecular flexibility index (Phi) is 6.83. The van der Waals surface area contributed by atoms with Gasteiger partial charge in [-0.2, -0.15) is 0 Å². The van der Waals surface area contributed by atoms with E-state index < -0.39 is 6.10 Å². The Balaban J connectivity index is 1.61. The Morgan fingerprint density at radius 2 is 1.96 bits per heavy atom. The molecule has 0 aliphatic carbocycles. The van der Waals surface area contributed by atoms with Crippen molar-refractivity contribution in [3.8, 4) is 5.75 Å². The van der Waals surface area contributed by atoms with Gasteiger partial charge in [0.15, 0.2) is 10.4 Å². The van der Waals surface area contributed by atoms with Gasteiger partial charge in [0, 0.05) is 0 Å². The monoisotopic (exact) mass is 417 g/mol. The Hall–Kier alpha value is -2.65. The van der Waals surface area contributed by atoms with Crippen molar-refractivity contribution in [1.82, 2.24) is 10.2 Å². The predicted molar refractivity (Wildman–Crippen MR) is 110 cm³/mol. The van der Waals surface area contributed by atoms with Gasteiger partial charge in [0.2, 0.25) is 5.13 Å². The van der Waals surface area contributed by atoms with Gasteiger partial charge < -0.3 is 9.47 Å². The summed E-state index contributed by atoms with van der Waals surface area (Å²) in [7, 11) is 1.33. The summed E-state index contributed by atoms with van der Waals surface area (Å²) in [6, 6.07) is 13.7. The van der Waals surface area contributed by atoms with Crippen molar-refractivity contribution >= 4 is 50.9 Å². The number of amides is 1. The van der Waals surface area contributed by atoms with Crippen molar-refractivity contribution < 1.29 is 19.1 Å². The number of thioether (sulfide) groups is 1. The molecule has 1 N–H and O–H groups in total. The molecule has 1 heterocycles. The molecule has 1 unspecified atom stereocenters. The van der Waals surface area contributed by atoms with E-state index in [4.69, 9.17) is 4.74 Å². The van der Waals surface area contributed by atoms with Crippen LogP contribution in [0.5, 0.6) is 5.75 Å². The summed E-state index contributed by atoms with van der Waals surface area (Å²) in [5.74, 6) is 0.131. The Labute approximate surface area is 170 Å². The Morgan fingerprint density at radius 3 is 2.71 bits per heavy atom. The van der Waals surface area contributed by atoms with E-state index in [1.165, 1.54) is 30.2 Å². The molecule has 28 heavy (non-hydrogen) atoms. The molecule has 0 aliphatic rings.